The van der Waals surface area contributed by atoms with E-state index in [1.165, 1.54) is 29.2 Å². The molecule has 186 valence electrons. The number of rotatable bonds is 11. The highest BCUT2D eigenvalue weighted by Crippen LogP contribution is 2.26. The molecule has 0 aliphatic rings. The summed E-state index contributed by atoms with van der Waals surface area (Å²) in [7, 11) is -3.83. The Morgan fingerprint density at radius 1 is 1.12 bits per heavy atom. The fraction of sp³-hybridized carbons (Fsp3) is 0.417. The molecule has 0 saturated carbocycles. The van der Waals surface area contributed by atoms with Gasteiger partial charge in [-0.1, -0.05) is 37.6 Å². The number of benzene rings is 2. The van der Waals surface area contributed by atoms with Crippen LogP contribution in [0.4, 0.5) is 10.1 Å². The summed E-state index contributed by atoms with van der Waals surface area (Å²) in [6.07, 6.45) is 2.07. The Labute approximate surface area is 205 Å². The monoisotopic (exact) mass is 511 g/mol. The number of halogens is 2. The van der Waals surface area contributed by atoms with Gasteiger partial charge in [0.2, 0.25) is 21.8 Å². The van der Waals surface area contributed by atoms with E-state index < -0.39 is 34.3 Å². The maximum Gasteiger partial charge on any atom is 0.244 e. The van der Waals surface area contributed by atoms with Crippen molar-refractivity contribution in [3.05, 3.63) is 64.4 Å². The van der Waals surface area contributed by atoms with Crippen LogP contribution in [0.5, 0.6) is 0 Å². The van der Waals surface area contributed by atoms with Gasteiger partial charge in [-0.2, -0.15) is 0 Å². The van der Waals surface area contributed by atoms with Crippen LogP contribution in [0.2, 0.25) is 5.02 Å². The molecule has 34 heavy (non-hydrogen) atoms. The van der Waals surface area contributed by atoms with Crippen LogP contribution in [0.15, 0.2) is 42.5 Å². The minimum atomic E-state index is -3.83. The first-order valence-electron chi connectivity index (χ1n) is 11.0. The largest absolute Gasteiger partial charge is 0.354 e. The molecule has 1 unspecified atom stereocenters. The average molecular weight is 512 g/mol. The average Bonchev–Trinajstić information content (AvgIpc) is 2.76. The van der Waals surface area contributed by atoms with Crippen molar-refractivity contribution in [2.75, 3.05) is 23.7 Å². The van der Waals surface area contributed by atoms with Crippen LogP contribution < -0.4 is 9.62 Å². The summed E-state index contributed by atoms with van der Waals surface area (Å²) in [4.78, 5) is 27.7. The predicted octanol–water partition coefficient (Wildman–Crippen LogP) is 3.89. The van der Waals surface area contributed by atoms with E-state index in [0.29, 0.717) is 34.8 Å². The number of anilines is 1. The van der Waals surface area contributed by atoms with Gasteiger partial charge in [0.05, 0.1) is 11.9 Å². The number of hydrogen-bond acceptors (Lipinski definition) is 4. The third-order valence-corrected chi connectivity index (χ3v) is 6.67. The quantitative estimate of drug-likeness (QED) is 0.496. The second-order valence-electron chi connectivity index (χ2n) is 8.06. The zero-order valence-electron chi connectivity index (χ0n) is 19.8. The normalized spacial score (nSPS) is 12.2. The van der Waals surface area contributed by atoms with Crippen molar-refractivity contribution in [2.24, 2.45) is 0 Å². The lowest BCUT2D eigenvalue weighted by Gasteiger charge is -2.33. The summed E-state index contributed by atoms with van der Waals surface area (Å²) in [6.45, 7) is 5.37. The van der Waals surface area contributed by atoms with Gasteiger partial charge >= 0.3 is 0 Å². The molecule has 2 amide bonds. The first-order valence-corrected chi connectivity index (χ1v) is 13.3. The van der Waals surface area contributed by atoms with Gasteiger partial charge in [-0.25, -0.2) is 12.8 Å². The molecular formula is C24H31ClFN3O4S. The number of nitrogens with zero attached hydrogens (tertiary/aromatic N) is 2. The molecule has 10 heteroatoms. The van der Waals surface area contributed by atoms with E-state index in [2.05, 4.69) is 5.32 Å². The fourth-order valence-electron chi connectivity index (χ4n) is 3.57. The number of nitrogens with one attached hydrogen (secondary N) is 1. The molecular weight excluding hydrogens is 481 g/mol. The molecule has 0 aliphatic heterocycles. The molecule has 1 N–H and O–H groups in total. The van der Waals surface area contributed by atoms with Gasteiger partial charge in [0, 0.05) is 18.1 Å². The van der Waals surface area contributed by atoms with Crippen molar-refractivity contribution in [1.29, 1.82) is 0 Å². The molecule has 0 radical (unpaired) electrons. The van der Waals surface area contributed by atoms with Gasteiger partial charge in [0.1, 0.15) is 18.4 Å². The number of sulfonamides is 1. The van der Waals surface area contributed by atoms with Crippen molar-refractivity contribution in [3.63, 3.8) is 0 Å². The molecule has 7 nitrogen and oxygen atoms in total. The van der Waals surface area contributed by atoms with E-state index in [-0.39, 0.29) is 12.5 Å². The van der Waals surface area contributed by atoms with E-state index in [1.54, 1.807) is 32.0 Å². The Kier molecular flexibility index (Phi) is 9.88. The first kappa shape index (κ1) is 27.6. The molecule has 0 bridgehead atoms. The lowest BCUT2D eigenvalue weighted by molar-refractivity contribution is -0.140. The first-order chi connectivity index (χ1) is 16.0. The van der Waals surface area contributed by atoms with Gasteiger partial charge in [-0.05, 0) is 61.2 Å². The van der Waals surface area contributed by atoms with Gasteiger partial charge in [0.15, 0.2) is 0 Å². The Morgan fingerprint density at radius 2 is 1.76 bits per heavy atom. The van der Waals surface area contributed by atoms with E-state index >= 15 is 0 Å². The number of amides is 2. The molecule has 2 aromatic rings. The van der Waals surface area contributed by atoms with Crippen LogP contribution in [-0.2, 0) is 26.2 Å². The van der Waals surface area contributed by atoms with E-state index in [1.807, 2.05) is 6.92 Å². The van der Waals surface area contributed by atoms with Crippen LogP contribution >= 0.6 is 11.6 Å². The van der Waals surface area contributed by atoms with Crippen LogP contribution in [0.1, 0.15) is 37.8 Å². The molecule has 2 rings (SSSR count). The van der Waals surface area contributed by atoms with E-state index in [9.17, 15) is 22.4 Å². The van der Waals surface area contributed by atoms with Crippen molar-refractivity contribution in [2.45, 2.75) is 46.2 Å². The summed E-state index contributed by atoms with van der Waals surface area (Å²) < 4.78 is 39.7. The van der Waals surface area contributed by atoms with Crippen molar-refractivity contribution < 1.29 is 22.4 Å². The highest BCUT2D eigenvalue weighted by molar-refractivity contribution is 7.92. The van der Waals surface area contributed by atoms with Crippen LogP contribution in [0.25, 0.3) is 0 Å². The third-order valence-electron chi connectivity index (χ3n) is 5.31. The predicted molar refractivity (Wildman–Crippen MR) is 133 cm³/mol. The zero-order chi connectivity index (χ0) is 25.5. The van der Waals surface area contributed by atoms with Gasteiger partial charge in [-0.3, -0.25) is 13.9 Å². The minimum absolute atomic E-state index is 0.0222. The van der Waals surface area contributed by atoms with E-state index in [0.717, 1.165) is 17.0 Å². The van der Waals surface area contributed by atoms with Gasteiger partial charge < -0.3 is 10.2 Å². The van der Waals surface area contributed by atoms with Crippen LogP contribution in [0, 0.1) is 12.7 Å². The lowest BCUT2D eigenvalue weighted by Crippen LogP contribution is -2.52. The molecule has 0 aromatic heterocycles. The maximum absolute atomic E-state index is 13.5. The topological polar surface area (TPSA) is 86.8 Å². The van der Waals surface area contributed by atoms with Gasteiger partial charge in [-0.15, -0.1) is 0 Å². The lowest BCUT2D eigenvalue weighted by atomic mass is 10.1. The Morgan fingerprint density at radius 3 is 2.29 bits per heavy atom. The highest BCUT2D eigenvalue weighted by Gasteiger charge is 2.32. The van der Waals surface area contributed by atoms with Crippen LogP contribution in [-0.4, -0.2) is 50.5 Å². The summed E-state index contributed by atoms with van der Waals surface area (Å²) in [6, 6.07) is 9.50. The standard InChI is InChI=1S/C24H31ClFN3O4S/c1-5-13-27-24(31)21(6-2)28(15-18-7-10-20(26)11-8-18)23(30)16-29(34(4,32)33)22-12-9-19(25)14-17(22)3/h7-12,14,21H,5-6,13,15-16H2,1-4H3,(H,27,31). The molecule has 0 saturated heterocycles. The SMILES string of the molecule is CCCNC(=O)C(CC)N(Cc1ccc(F)cc1)C(=O)CN(c1ccc(Cl)cc1C)S(C)(=O)=O. The summed E-state index contributed by atoms with van der Waals surface area (Å²) in [5.41, 5.74) is 1.53. The van der Waals surface area contributed by atoms with E-state index in [4.69, 9.17) is 11.6 Å². The second-order valence-corrected chi connectivity index (χ2v) is 10.4. The Hall–Kier alpha value is -2.65. The van der Waals surface area contributed by atoms with Crippen molar-refractivity contribution >= 4 is 39.1 Å². The number of aryl methyl sites for hydroxylation is 1. The van der Waals surface area contributed by atoms with Crippen LogP contribution in [0.3, 0.4) is 0 Å². The molecule has 0 heterocycles. The molecule has 1 atom stereocenters. The second kappa shape index (κ2) is 12.2. The minimum Gasteiger partial charge on any atom is -0.354 e. The number of carbonyl (C=O) groups excluding carboxylic acids is 2. The summed E-state index contributed by atoms with van der Waals surface area (Å²) >= 11 is 6.02. The maximum atomic E-state index is 13.5. The molecule has 0 fully saturated rings. The Bertz CT molecular complexity index is 1110. The zero-order valence-corrected chi connectivity index (χ0v) is 21.4. The smallest absolute Gasteiger partial charge is 0.244 e. The molecule has 2 aromatic carbocycles. The summed E-state index contributed by atoms with van der Waals surface area (Å²) in [5, 5.41) is 3.25. The third kappa shape index (κ3) is 7.43. The fourth-order valence-corrected chi connectivity index (χ4v) is 4.70. The highest BCUT2D eigenvalue weighted by atomic mass is 35.5. The summed E-state index contributed by atoms with van der Waals surface area (Å²) in [5.74, 6) is -1.30. The van der Waals surface area contributed by atoms with Gasteiger partial charge in [0.25, 0.3) is 0 Å². The van der Waals surface area contributed by atoms with Crippen molar-refractivity contribution in [3.8, 4) is 0 Å². The number of carbonyl (C=O) groups is 2. The number of hydrogen-bond donors (Lipinski definition) is 1. The van der Waals surface area contributed by atoms with Crippen molar-refractivity contribution in [1.82, 2.24) is 10.2 Å². The molecule has 0 spiro atoms. The molecule has 0 aliphatic carbocycles. The Balaban J connectivity index is 2.44.